The van der Waals surface area contributed by atoms with Gasteiger partial charge in [0.2, 0.25) is 0 Å². The van der Waals surface area contributed by atoms with Gasteiger partial charge in [-0.2, -0.15) is 0 Å². The predicted molar refractivity (Wildman–Crippen MR) is 73.2 cm³/mol. The number of methoxy groups -OCH3 is 1. The molecule has 0 bridgehead atoms. The minimum Gasteiger partial charge on any atom is -0.465 e. The third-order valence-corrected chi connectivity index (χ3v) is 3.36. The number of carbonyl (C=O) groups is 1. The highest BCUT2D eigenvalue weighted by Crippen LogP contribution is 2.31. The SMILES string of the molecule is COC(=O)c1cc(F)ccc1-c1ccc(Cl)c(Cl)c1. The first kappa shape index (κ1) is 13.8. The summed E-state index contributed by atoms with van der Waals surface area (Å²) in [5, 5.41) is 0.770. The van der Waals surface area contributed by atoms with Crippen LogP contribution in [0.15, 0.2) is 36.4 Å². The van der Waals surface area contributed by atoms with Crippen LogP contribution in [0.2, 0.25) is 10.0 Å². The van der Waals surface area contributed by atoms with Crippen molar-refractivity contribution in [2.75, 3.05) is 7.11 Å². The fourth-order valence-electron chi connectivity index (χ4n) is 1.71. The van der Waals surface area contributed by atoms with E-state index in [1.165, 1.54) is 19.2 Å². The lowest BCUT2D eigenvalue weighted by Gasteiger charge is -2.09. The highest BCUT2D eigenvalue weighted by Gasteiger charge is 2.15. The van der Waals surface area contributed by atoms with E-state index >= 15 is 0 Å². The maximum absolute atomic E-state index is 13.2. The minimum absolute atomic E-state index is 0.140. The topological polar surface area (TPSA) is 26.3 Å². The first-order chi connectivity index (χ1) is 9.02. The van der Waals surface area contributed by atoms with E-state index in [-0.39, 0.29) is 5.56 Å². The summed E-state index contributed by atoms with van der Waals surface area (Å²) in [7, 11) is 1.24. The summed E-state index contributed by atoms with van der Waals surface area (Å²) in [6, 6.07) is 8.83. The van der Waals surface area contributed by atoms with Crippen LogP contribution < -0.4 is 0 Å². The summed E-state index contributed by atoms with van der Waals surface area (Å²) in [6.07, 6.45) is 0. The lowest BCUT2D eigenvalue weighted by Crippen LogP contribution is -2.04. The van der Waals surface area contributed by atoms with Crippen molar-refractivity contribution in [1.82, 2.24) is 0 Å². The number of rotatable bonds is 2. The first-order valence-electron chi connectivity index (χ1n) is 5.36. The lowest BCUT2D eigenvalue weighted by molar-refractivity contribution is 0.0601. The third-order valence-electron chi connectivity index (χ3n) is 2.62. The van der Waals surface area contributed by atoms with E-state index in [9.17, 15) is 9.18 Å². The number of benzene rings is 2. The first-order valence-corrected chi connectivity index (χ1v) is 6.12. The van der Waals surface area contributed by atoms with Crippen molar-refractivity contribution in [3.63, 3.8) is 0 Å². The Morgan fingerprint density at radius 2 is 1.84 bits per heavy atom. The molecule has 0 aliphatic carbocycles. The molecule has 0 saturated carbocycles. The summed E-state index contributed by atoms with van der Waals surface area (Å²) < 4.78 is 17.9. The number of halogens is 3. The molecule has 2 aromatic rings. The quantitative estimate of drug-likeness (QED) is 0.758. The van der Waals surface area contributed by atoms with Crippen LogP contribution in [0.5, 0.6) is 0 Å². The van der Waals surface area contributed by atoms with Gasteiger partial charge in [-0.15, -0.1) is 0 Å². The molecule has 2 rings (SSSR count). The van der Waals surface area contributed by atoms with Crippen LogP contribution in [-0.4, -0.2) is 13.1 Å². The Morgan fingerprint density at radius 3 is 2.47 bits per heavy atom. The monoisotopic (exact) mass is 298 g/mol. The van der Waals surface area contributed by atoms with E-state index in [1.54, 1.807) is 18.2 Å². The van der Waals surface area contributed by atoms with Gasteiger partial charge in [0.1, 0.15) is 5.82 Å². The lowest BCUT2D eigenvalue weighted by atomic mass is 9.99. The second-order valence-corrected chi connectivity index (χ2v) is 4.62. The number of hydrogen-bond donors (Lipinski definition) is 0. The van der Waals surface area contributed by atoms with Gasteiger partial charge in [0.05, 0.1) is 22.7 Å². The largest absolute Gasteiger partial charge is 0.465 e. The molecule has 0 amide bonds. The highest BCUT2D eigenvalue weighted by atomic mass is 35.5. The molecule has 0 unspecified atom stereocenters. The average Bonchev–Trinajstić information content (AvgIpc) is 2.41. The fourth-order valence-corrected chi connectivity index (χ4v) is 2.01. The van der Waals surface area contributed by atoms with Crippen molar-refractivity contribution in [3.05, 3.63) is 57.8 Å². The normalized spacial score (nSPS) is 10.3. The van der Waals surface area contributed by atoms with Crippen molar-refractivity contribution < 1.29 is 13.9 Å². The van der Waals surface area contributed by atoms with Gasteiger partial charge in [-0.1, -0.05) is 35.3 Å². The van der Waals surface area contributed by atoms with E-state index in [1.807, 2.05) is 0 Å². The second-order valence-electron chi connectivity index (χ2n) is 3.81. The Morgan fingerprint density at radius 1 is 1.11 bits per heavy atom. The molecular formula is C14H9Cl2FO2. The zero-order valence-corrected chi connectivity index (χ0v) is 11.4. The van der Waals surface area contributed by atoms with Crippen LogP contribution in [0.4, 0.5) is 4.39 Å². The number of ether oxygens (including phenoxy) is 1. The standard InChI is InChI=1S/C14H9Cl2FO2/c1-19-14(18)11-7-9(17)3-4-10(11)8-2-5-12(15)13(16)6-8/h2-7H,1H3. The van der Waals surface area contributed by atoms with Crippen LogP contribution in [0, 0.1) is 5.82 Å². The van der Waals surface area contributed by atoms with Gasteiger partial charge in [-0.05, 0) is 35.4 Å². The molecule has 2 aromatic carbocycles. The molecule has 0 aliphatic rings. The van der Waals surface area contributed by atoms with Crippen LogP contribution in [0.3, 0.4) is 0 Å². The van der Waals surface area contributed by atoms with Crippen molar-refractivity contribution in [2.24, 2.45) is 0 Å². The zero-order chi connectivity index (χ0) is 14.0. The maximum atomic E-state index is 13.2. The Bertz CT molecular complexity index is 641. The molecule has 0 spiro atoms. The van der Waals surface area contributed by atoms with Gasteiger partial charge in [-0.3, -0.25) is 0 Å². The summed E-state index contributed by atoms with van der Waals surface area (Å²) in [5.41, 5.74) is 1.34. The summed E-state index contributed by atoms with van der Waals surface area (Å²) in [4.78, 5) is 11.7. The van der Waals surface area contributed by atoms with Gasteiger partial charge < -0.3 is 4.74 Å². The fraction of sp³-hybridized carbons (Fsp3) is 0.0714. The van der Waals surface area contributed by atoms with Crippen LogP contribution in [0.1, 0.15) is 10.4 Å². The Balaban J connectivity index is 2.61. The molecule has 0 saturated heterocycles. The molecule has 0 aliphatic heterocycles. The van der Waals surface area contributed by atoms with E-state index in [2.05, 4.69) is 4.74 Å². The van der Waals surface area contributed by atoms with Crippen LogP contribution >= 0.6 is 23.2 Å². The van der Waals surface area contributed by atoms with E-state index in [4.69, 9.17) is 23.2 Å². The van der Waals surface area contributed by atoms with Gasteiger partial charge in [0.15, 0.2) is 0 Å². The highest BCUT2D eigenvalue weighted by molar-refractivity contribution is 6.42. The molecule has 5 heteroatoms. The average molecular weight is 299 g/mol. The molecule has 0 heterocycles. The van der Waals surface area contributed by atoms with E-state index in [0.29, 0.717) is 21.2 Å². The van der Waals surface area contributed by atoms with E-state index < -0.39 is 11.8 Å². The second kappa shape index (κ2) is 5.59. The molecule has 0 atom stereocenters. The van der Waals surface area contributed by atoms with Crippen molar-refractivity contribution >= 4 is 29.2 Å². The molecule has 0 N–H and O–H groups in total. The molecule has 98 valence electrons. The van der Waals surface area contributed by atoms with Gasteiger partial charge >= 0.3 is 5.97 Å². The van der Waals surface area contributed by atoms with Crippen molar-refractivity contribution in [3.8, 4) is 11.1 Å². The van der Waals surface area contributed by atoms with Gasteiger partial charge in [0.25, 0.3) is 0 Å². The molecule has 2 nitrogen and oxygen atoms in total. The Labute approximate surface area is 119 Å². The van der Waals surface area contributed by atoms with E-state index in [0.717, 1.165) is 6.07 Å². The van der Waals surface area contributed by atoms with Crippen LogP contribution in [0.25, 0.3) is 11.1 Å². The Hall–Kier alpha value is -1.58. The zero-order valence-electron chi connectivity index (χ0n) is 9.91. The smallest absolute Gasteiger partial charge is 0.338 e. The molecule has 0 radical (unpaired) electrons. The van der Waals surface area contributed by atoms with Crippen molar-refractivity contribution in [1.29, 1.82) is 0 Å². The number of carbonyl (C=O) groups excluding carboxylic acids is 1. The molecule has 19 heavy (non-hydrogen) atoms. The predicted octanol–water partition coefficient (Wildman–Crippen LogP) is 4.59. The summed E-state index contributed by atoms with van der Waals surface area (Å²) in [6.45, 7) is 0. The molecular weight excluding hydrogens is 290 g/mol. The minimum atomic E-state index is -0.611. The number of hydrogen-bond acceptors (Lipinski definition) is 2. The Kier molecular flexibility index (Phi) is 4.08. The van der Waals surface area contributed by atoms with Crippen molar-refractivity contribution in [2.45, 2.75) is 0 Å². The summed E-state index contributed by atoms with van der Waals surface area (Å²) in [5.74, 6) is -1.12. The third kappa shape index (κ3) is 2.88. The van der Waals surface area contributed by atoms with Gasteiger partial charge in [-0.25, -0.2) is 9.18 Å². The molecule has 0 fully saturated rings. The van der Waals surface area contributed by atoms with Crippen LogP contribution in [-0.2, 0) is 4.74 Å². The van der Waals surface area contributed by atoms with Gasteiger partial charge in [0, 0.05) is 0 Å². The number of esters is 1. The molecule has 0 aromatic heterocycles. The maximum Gasteiger partial charge on any atom is 0.338 e. The summed E-state index contributed by atoms with van der Waals surface area (Å²) >= 11 is 11.8.